The number of nitrogens with one attached hydrogen (secondary N) is 1. The third-order valence-corrected chi connectivity index (χ3v) is 3.17. The standard InChI is InChI=1S/C17H13N3O5/c18-9-12-3-1-4-13(7-12)11-25-16(21)10-19-17(22)14-5-2-6-15(8-14)20(23)24/h1-8H,10-11H2,(H,19,22). The number of ether oxygens (including phenoxy) is 1. The van der Waals surface area contributed by atoms with Crippen molar-refractivity contribution in [2.75, 3.05) is 6.54 Å². The molecule has 1 amide bonds. The number of carbonyl (C=O) groups excluding carboxylic acids is 2. The maximum Gasteiger partial charge on any atom is 0.325 e. The van der Waals surface area contributed by atoms with Crippen molar-refractivity contribution in [3.63, 3.8) is 0 Å². The normalized spacial score (nSPS) is 9.72. The summed E-state index contributed by atoms with van der Waals surface area (Å²) in [6.07, 6.45) is 0. The molecule has 0 aliphatic rings. The van der Waals surface area contributed by atoms with Crippen LogP contribution in [0.4, 0.5) is 5.69 Å². The van der Waals surface area contributed by atoms with Gasteiger partial charge in [-0.2, -0.15) is 5.26 Å². The van der Waals surface area contributed by atoms with Gasteiger partial charge in [0.25, 0.3) is 11.6 Å². The fourth-order valence-electron chi connectivity index (χ4n) is 1.96. The molecule has 8 nitrogen and oxygen atoms in total. The van der Waals surface area contributed by atoms with Gasteiger partial charge in [0.2, 0.25) is 0 Å². The first-order valence-electron chi connectivity index (χ1n) is 7.17. The molecular weight excluding hydrogens is 326 g/mol. The Hall–Kier alpha value is -3.73. The Morgan fingerprint density at radius 1 is 1.20 bits per heavy atom. The average Bonchev–Trinajstić information content (AvgIpc) is 2.64. The topological polar surface area (TPSA) is 122 Å². The van der Waals surface area contributed by atoms with E-state index in [1.165, 1.54) is 18.2 Å². The van der Waals surface area contributed by atoms with Crippen molar-refractivity contribution in [2.45, 2.75) is 6.61 Å². The predicted molar refractivity (Wildman–Crippen MR) is 86.4 cm³/mol. The summed E-state index contributed by atoms with van der Waals surface area (Å²) in [4.78, 5) is 33.7. The molecule has 0 heterocycles. The number of esters is 1. The van der Waals surface area contributed by atoms with E-state index < -0.39 is 16.8 Å². The molecule has 0 spiro atoms. The number of nitro benzene ring substituents is 1. The highest BCUT2D eigenvalue weighted by atomic mass is 16.6. The van der Waals surface area contributed by atoms with Gasteiger partial charge >= 0.3 is 5.97 Å². The minimum Gasteiger partial charge on any atom is -0.460 e. The van der Waals surface area contributed by atoms with Gasteiger partial charge in [0, 0.05) is 17.7 Å². The second-order valence-electron chi connectivity index (χ2n) is 4.96. The van der Waals surface area contributed by atoms with Crippen molar-refractivity contribution in [2.24, 2.45) is 0 Å². The van der Waals surface area contributed by atoms with E-state index in [0.717, 1.165) is 6.07 Å². The molecule has 0 aliphatic carbocycles. The summed E-state index contributed by atoms with van der Waals surface area (Å²) in [5, 5.41) is 21.8. The van der Waals surface area contributed by atoms with Crippen LogP contribution in [0.25, 0.3) is 0 Å². The molecule has 1 N–H and O–H groups in total. The smallest absolute Gasteiger partial charge is 0.325 e. The Balaban J connectivity index is 1.85. The Kier molecular flexibility index (Phi) is 5.79. The van der Waals surface area contributed by atoms with Crippen molar-refractivity contribution in [1.82, 2.24) is 5.32 Å². The van der Waals surface area contributed by atoms with Crippen LogP contribution in [0, 0.1) is 21.4 Å². The van der Waals surface area contributed by atoms with E-state index in [2.05, 4.69) is 5.32 Å². The third-order valence-electron chi connectivity index (χ3n) is 3.17. The Morgan fingerprint density at radius 3 is 2.68 bits per heavy atom. The number of non-ortho nitro benzene ring substituents is 1. The molecule has 2 aromatic carbocycles. The number of nitro groups is 1. The Bertz CT molecular complexity index is 857. The van der Waals surface area contributed by atoms with Gasteiger partial charge < -0.3 is 10.1 Å². The van der Waals surface area contributed by atoms with Crippen molar-refractivity contribution in [3.05, 3.63) is 75.3 Å². The molecule has 0 atom stereocenters. The van der Waals surface area contributed by atoms with E-state index in [-0.39, 0.29) is 24.4 Å². The van der Waals surface area contributed by atoms with Crippen molar-refractivity contribution >= 4 is 17.6 Å². The number of hydrogen-bond acceptors (Lipinski definition) is 6. The molecule has 25 heavy (non-hydrogen) atoms. The van der Waals surface area contributed by atoms with E-state index in [0.29, 0.717) is 11.1 Å². The SMILES string of the molecule is N#Cc1cccc(COC(=O)CNC(=O)c2cccc([N+](=O)[O-])c2)c1. The molecule has 0 saturated carbocycles. The largest absolute Gasteiger partial charge is 0.460 e. The zero-order valence-electron chi connectivity index (χ0n) is 13.0. The van der Waals surface area contributed by atoms with E-state index in [1.54, 1.807) is 24.3 Å². The lowest BCUT2D eigenvalue weighted by Crippen LogP contribution is -2.30. The average molecular weight is 339 g/mol. The molecule has 0 saturated heterocycles. The quantitative estimate of drug-likeness (QED) is 0.487. The number of amides is 1. The van der Waals surface area contributed by atoms with Crippen molar-refractivity contribution in [3.8, 4) is 6.07 Å². The van der Waals surface area contributed by atoms with Gasteiger partial charge in [-0.25, -0.2) is 0 Å². The molecule has 0 fully saturated rings. The van der Waals surface area contributed by atoms with Gasteiger partial charge in [-0.15, -0.1) is 0 Å². The van der Waals surface area contributed by atoms with Gasteiger partial charge in [0.05, 0.1) is 16.6 Å². The third kappa shape index (κ3) is 5.14. The first-order chi connectivity index (χ1) is 12.0. The molecule has 0 unspecified atom stereocenters. The van der Waals surface area contributed by atoms with E-state index in [9.17, 15) is 19.7 Å². The Morgan fingerprint density at radius 2 is 1.96 bits per heavy atom. The second kappa shape index (κ2) is 8.21. The number of nitriles is 1. The fraction of sp³-hybridized carbons (Fsp3) is 0.118. The zero-order chi connectivity index (χ0) is 18.2. The summed E-state index contributed by atoms with van der Waals surface area (Å²) in [7, 11) is 0. The van der Waals surface area contributed by atoms with E-state index >= 15 is 0 Å². The summed E-state index contributed by atoms with van der Waals surface area (Å²) in [5.41, 5.74) is 0.959. The van der Waals surface area contributed by atoms with Gasteiger partial charge in [-0.1, -0.05) is 18.2 Å². The molecule has 2 aromatic rings. The Labute approximate surface area is 142 Å². The molecule has 8 heteroatoms. The molecule has 0 aliphatic heterocycles. The van der Waals surface area contributed by atoms with E-state index in [1.807, 2.05) is 6.07 Å². The lowest BCUT2D eigenvalue weighted by atomic mass is 10.1. The lowest BCUT2D eigenvalue weighted by molar-refractivity contribution is -0.384. The summed E-state index contributed by atoms with van der Waals surface area (Å²) < 4.78 is 5.00. The highest BCUT2D eigenvalue weighted by Gasteiger charge is 2.13. The molecular formula is C17H13N3O5. The molecule has 126 valence electrons. The number of carbonyl (C=O) groups is 2. The van der Waals surface area contributed by atoms with Crippen LogP contribution in [0.15, 0.2) is 48.5 Å². The summed E-state index contributed by atoms with van der Waals surface area (Å²) in [5.74, 6) is -1.28. The molecule has 0 aromatic heterocycles. The summed E-state index contributed by atoms with van der Waals surface area (Å²) in [6.45, 7) is -0.402. The molecule has 0 bridgehead atoms. The molecule has 0 radical (unpaired) electrons. The van der Waals surface area contributed by atoms with Crippen molar-refractivity contribution in [1.29, 1.82) is 5.26 Å². The summed E-state index contributed by atoms with van der Waals surface area (Å²) >= 11 is 0. The van der Waals surface area contributed by atoms with Crippen LogP contribution in [0.5, 0.6) is 0 Å². The van der Waals surface area contributed by atoms with Crippen LogP contribution in [0.1, 0.15) is 21.5 Å². The fourth-order valence-corrected chi connectivity index (χ4v) is 1.96. The minimum absolute atomic E-state index is 0.0268. The number of nitrogens with zero attached hydrogens (tertiary/aromatic N) is 2. The van der Waals surface area contributed by atoms with Crippen LogP contribution in [0.3, 0.4) is 0 Å². The van der Waals surface area contributed by atoms with Crippen molar-refractivity contribution < 1.29 is 19.2 Å². The lowest BCUT2D eigenvalue weighted by Gasteiger charge is -2.07. The van der Waals surface area contributed by atoms with Crippen LogP contribution in [-0.4, -0.2) is 23.3 Å². The maximum atomic E-state index is 11.9. The number of hydrogen-bond donors (Lipinski definition) is 1. The van der Waals surface area contributed by atoms with Gasteiger partial charge in [-0.05, 0) is 23.8 Å². The van der Waals surface area contributed by atoms with Gasteiger partial charge in [0.15, 0.2) is 0 Å². The maximum absolute atomic E-state index is 11.9. The van der Waals surface area contributed by atoms with Gasteiger partial charge in [-0.3, -0.25) is 19.7 Å². The molecule has 2 rings (SSSR count). The van der Waals surface area contributed by atoms with Crippen LogP contribution >= 0.6 is 0 Å². The second-order valence-corrected chi connectivity index (χ2v) is 4.96. The van der Waals surface area contributed by atoms with Crippen LogP contribution < -0.4 is 5.32 Å². The number of rotatable bonds is 6. The van der Waals surface area contributed by atoms with Crippen LogP contribution in [0.2, 0.25) is 0 Å². The first kappa shape index (κ1) is 17.6. The predicted octanol–water partition coefficient (Wildman–Crippen LogP) is 1.94. The highest BCUT2D eigenvalue weighted by molar-refractivity contribution is 5.96. The number of benzene rings is 2. The van der Waals surface area contributed by atoms with E-state index in [4.69, 9.17) is 10.00 Å². The minimum atomic E-state index is -0.666. The highest BCUT2D eigenvalue weighted by Crippen LogP contribution is 2.12. The zero-order valence-corrected chi connectivity index (χ0v) is 13.0. The monoisotopic (exact) mass is 339 g/mol. The van der Waals surface area contributed by atoms with Crippen LogP contribution in [-0.2, 0) is 16.1 Å². The first-order valence-corrected chi connectivity index (χ1v) is 7.17. The summed E-state index contributed by atoms with van der Waals surface area (Å²) in [6, 6.07) is 13.7. The van der Waals surface area contributed by atoms with Gasteiger partial charge in [0.1, 0.15) is 13.2 Å².